The van der Waals surface area contributed by atoms with Gasteiger partial charge in [0.1, 0.15) is 0 Å². The van der Waals surface area contributed by atoms with E-state index < -0.39 is 18.5 Å². The Hall–Kier alpha value is -3.13. The van der Waals surface area contributed by atoms with E-state index >= 15 is 0 Å². The highest BCUT2D eigenvalue weighted by molar-refractivity contribution is 9.10. The Kier molecular flexibility index (Phi) is 6.03. The zero-order valence-corrected chi connectivity index (χ0v) is 17.9. The molecule has 2 aromatic carbocycles. The molecule has 1 amide bonds. The van der Waals surface area contributed by atoms with Crippen LogP contribution in [-0.4, -0.2) is 28.3 Å². The fourth-order valence-corrected chi connectivity index (χ4v) is 3.21. The van der Waals surface area contributed by atoms with Gasteiger partial charge in [0.2, 0.25) is 0 Å². The number of hydrogen-bond donors (Lipinski definition) is 2. The zero-order chi connectivity index (χ0) is 21.1. The van der Waals surface area contributed by atoms with Gasteiger partial charge in [-0.1, -0.05) is 33.6 Å². The highest BCUT2D eigenvalue weighted by Crippen LogP contribution is 2.23. The van der Waals surface area contributed by atoms with Crippen LogP contribution in [0.5, 0.6) is 0 Å². The predicted octanol–water partition coefficient (Wildman–Crippen LogP) is 3.94. The number of aromatic nitrogens is 2. The summed E-state index contributed by atoms with van der Waals surface area (Å²) >= 11 is 3.28. The summed E-state index contributed by atoms with van der Waals surface area (Å²) in [5.41, 5.74) is 10.4. The molecule has 0 radical (unpaired) electrons. The molecule has 29 heavy (non-hydrogen) atoms. The van der Waals surface area contributed by atoms with Gasteiger partial charge in [-0.15, -0.1) is 0 Å². The SMILES string of the molecule is Cc1ccc(-n2nc(C)c(NC(=O)COC(=O)c3cc(Br)ccc3N)c2C)cc1. The minimum atomic E-state index is -0.664. The third kappa shape index (κ3) is 4.65. The molecule has 8 heteroatoms. The quantitative estimate of drug-likeness (QED) is 0.447. The number of esters is 1. The van der Waals surface area contributed by atoms with Crippen LogP contribution in [0.25, 0.3) is 5.69 Å². The molecule has 0 spiro atoms. The largest absolute Gasteiger partial charge is 0.452 e. The number of rotatable bonds is 5. The molecule has 0 fully saturated rings. The van der Waals surface area contributed by atoms with Gasteiger partial charge in [-0.3, -0.25) is 4.79 Å². The molecule has 0 saturated heterocycles. The molecule has 7 nitrogen and oxygen atoms in total. The first-order valence-corrected chi connectivity index (χ1v) is 9.71. The molecule has 0 bridgehead atoms. The van der Waals surface area contributed by atoms with E-state index in [2.05, 4.69) is 26.3 Å². The van der Waals surface area contributed by atoms with Crippen molar-refractivity contribution in [1.82, 2.24) is 9.78 Å². The van der Waals surface area contributed by atoms with Gasteiger partial charge in [-0.25, -0.2) is 9.48 Å². The number of anilines is 2. The van der Waals surface area contributed by atoms with Crippen LogP contribution in [0.2, 0.25) is 0 Å². The van der Waals surface area contributed by atoms with Gasteiger partial charge in [0.15, 0.2) is 6.61 Å². The second-order valence-corrected chi connectivity index (χ2v) is 7.56. The Balaban J connectivity index is 1.69. The Bertz CT molecular complexity index is 1070. The van der Waals surface area contributed by atoms with Crippen molar-refractivity contribution in [2.45, 2.75) is 20.8 Å². The van der Waals surface area contributed by atoms with Gasteiger partial charge in [0, 0.05) is 10.2 Å². The van der Waals surface area contributed by atoms with Crippen molar-refractivity contribution in [2.75, 3.05) is 17.7 Å². The van der Waals surface area contributed by atoms with Crippen LogP contribution in [0, 0.1) is 20.8 Å². The van der Waals surface area contributed by atoms with Crippen LogP contribution in [0.4, 0.5) is 11.4 Å². The number of nitrogens with one attached hydrogen (secondary N) is 1. The number of amides is 1. The lowest BCUT2D eigenvalue weighted by Crippen LogP contribution is -2.22. The summed E-state index contributed by atoms with van der Waals surface area (Å²) in [6.45, 7) is 5.25. The van der Waals surface area contributed by atoms with E-state index in [0.29, 0.717) is 15.9 Å². The maximum absolute atomic E-state index is 12.3. The maximum atomic E-state index is 12.3. The van der Waals surface area contributed by atoms with Crippen LogP contribution in [0.15, 0.2) is 46.9 Å². The number of benzene rings is 2. The highest BCUT2D eigenvalue weighted by Gasteiger charge is 2.18. The third-order valence-corrected chi connectivity index (χ3v) is 4.90. The number of nitrogens with two attached hydrogens (primary N) is 1. The van der Waals surface area contributed by atoms with E-state index in [1.807, 2.05) is 45.0 Å². The topological polar surface area (TPSA) is 99.2 Å². The number of carbonyl (C=O) groups is 2. The van der Waals surface area contributed by atoms with E-state index in [4.69, 9.17) is 10.5 Å². The van der Waals surface area contributed by atoms with Crippen molar-refractivity contribution >= 4 is 39.2 Å². The summed E-state index contributed by atoms with van der Waals surface area (Å²) < 4.78 is 7.56. The molecular weight excluding hydrogens is 436 g/mol. The Morgan fingerprint density at radius 3 is 2.52 bits per heavy atom. The highest BCUT2D eigenvalue weighted by atomic mass is 79.9. The smallest absolute Gasteiger partial charge is 0.340 e. The van der Waals surface area contributed by atoms with Crippen LogP contribution < -0.4 is 11.1 Å². The number of nitrogen functional groups attached to an aromatic ring is 1. The average Bonchev–Trinajstić information content (AvgIpc) is 2.97. The molecule has 3 aromatic rings. The number of aryl methyl sites for hydroxylation is 2. The Morgan fingerprint density at radius 2 is 1.83 bits per heavy atom. The summed E-state index contributed by atoms with van der Waals surface area (Å²) in [6.07, 6.45) is 0. The minimum Gasteiger partial charge on any atom is -0.452 e. The number of carbonyl (C=O) groups excluding carboxylic acids is 2. The first kappa shape index (κ1) is 20.6. The molecule has 1 heterocycles. The summed E-state index contributed by atoms with van der Waals surface area (Å²) in [6, 6.07) is 12.8. The van der Waals surface area contributed by atoms with Crippen molar-refractivity contribution < 1.29 is 14.3 Å². The van der Waals surface area contributed by atoms with Crippen molar-refractivity contribution in [3.8, 4) is 5.69 Å². The predicted molar refractivity (Wildman–Crippen MR) is 115 cm³/mol. The normalized spacial score (nSPS) is 10.6. The van der Waals surface area contributed by atoms with Crippen LogP contribution in [-0.2, 0) is 9.53 Å². The molecule has 3 rings (SSSR count). The second kappa shape index (κ2) is 8.48. The van der Waals surface area contributed by atoms with Crippen LogP contribution >= 0.6 is 15.9 Å². The van der Waals surface area contributed by atoms with E-state index in [1.54, 1.807) is 22.9 Å². The molecule has 0 aliphatic carbocycles. The molecule has 150 valence electrons. The Morgan fingerprint density at radius 1 is 1.14 bits per heavy atom. The summed E-state index contributed by atoms with van der Waals surface area (Å²) in [5, 5.41) is 7.27. The minimum absolute atomic E-state index is 0.201. The van der Waals surface area contributed by atoms with Crippen molar-refractivity contribution in [3.05, 3.63) is 69.5 Å². The monoisotopic (exact) mass is 456 g/mol. The molecule has 1 aromatic heterocycles. The van der Waals surface area contributed by atoms with E-state index in [9.17, 15) is 9.59 Å². The van der Waals surface area contributed by atoms with Gasteiger partial charge in [0.05, 0.1) is 28.3 Å². The average molecular weight is 457 g/mol. The first-order valence-electron chi connectivity index (χ1n) is 8.91. The van der Waals surface area contributed by atoms with E-state index in [-0.39, 0.29) is 11.3 Å². The van der Waals surface area contributed by atoms with E-state index in [0.717, 1.165) is 16.9 Å². The van der Waals surface area contributed by atoms with Crippen LogP contribution in [0.1, 0.15) is 27.3 Å². The van der Waals surface area contributed by atoms with Crippen molar-refractivity contribution in [2.24, 2.45) is 0 Å². The van der Waals surface area contributed by atoms with Crippen LogP contribution in [0.3, 0.4) is 0 Å². The fraction of sp³-hybridized carbons (Fsp3) is 0.190. The molecular formula is C21H21BrN4O3. The molecule has 0 aliphatic rings. The number of ether oxygens (including phenoxy) is 1. The van der Waals surface area contributed by atoms with Gasteiger partial charge in [-0.05, 0) is 51.1 Å². The summed E-state index contributed by atoms with van der Waals surface area (Å²) in [4.78, 5) is 24.5. The van der Waals surface area contributed by atoms with Gasteiger partial charge < -0.3 is 15.8 Å². The second-order valence-electron chi connectivity index (χ2n) is 6.65. The zero-order valence-electron chi connectivity index (χ0n) is 16.3. The van der Waals surface area contributed by atoms with Gasteiger partial charge >= 0.3 is 5.97 Å². The maximum Gasteiger partial charge on any atom is 0.340 e. The standard InChI is InChI=1S/C21H21BrN4O3/c1-12-4-7-16(8-5-12)26-14(3)20(13(2)25-26)24-19(27)11-29-21(28)17-10-15(22)6-9-18(17)23/h4-10H,11,23H2,1-3H3,(H,24,27). The first-order chi connectivity index (χ1) is 13.8. The molecule has 0 atom stereocenters. The molecule has 0 aliphatic heterocycles. The lowest BCUT2D eigenvalue weighted by molar-refractivity contribution is -0.119. The number of halogens is 1. The fourth-order valence-electron chi connectivity index (χ4n) is 2.85. The van der Waals surface area contributed by atoms with E-state index in [1.165, 1.54) is 0 Å². The Labute approximate surface area is 177 Å². The molecule has 3 N–H and O–H groups in total. The van der Waals surface area contributed by atoms with Gasteiger partial charge in [0.25, 0.3) is 5.91 Å². The molecule has 0 saturated carbocycles. The lowest BCUT2D eigenvalue weighted by Gasteiger charge is -2.09. The molecule has 0 unspecified atom stereocenters. The van der Waals surface area contributed by atoms with Crippen molar-refractivity contribution in [3.63, 3.8) is 0 Å². The number of hydrogen-bond acceptors (Lipinski definition) is 5. The summed E-state index contributed by atoms with van der Waals surface area (Å²) in [5.74, 6) is -1.12. The summed E-state index contributed by atoms with van der Waals surface area (Å²) in [7, 11) is 0. The number of nitrogens with zero attached hydrogens (tertiary/aromatic N) is 2. The third-order valence-electron chi connectivity index (χ3n) is 4.40. The van der Waals surface area contributed by atoms with Gasteiger partial charge in [-0.2, -0.15) is 5.10 Å². The van der Waals surface area contributed by atoms with Crippen molar-refractivity contribution in [1.29, 1.82) is 0 Å². The lowest BCUT2D eigenvalue weighted by atomic mass is 10.2.